The number of Topliss-reactive ketones (excluding diaryl/α,β-unsaturated/α-hetero) is 1. The fraction of sp³-hybridized carbons (Fsp3) is 0.444. The number of aliphatic hydroxyl groups is 1. The number of phenols is 1. The highest BCUT2D eigenvalue weighted by Gasteiger charge is 2.34. The van der Waals surface area contributed by atoms with Crippen LogP contribution in [0.1, 0.15) is 46.5 Å². The molecule has 0 aliphatic heterocycles. The molecule has 118 valence electrons. The van der Waals surface area contributed by atoms with Crippen molar-refractivity contribution in [2.45, 2.75) is 46.5 Å². The second-order valence-corrected chi connectivity index (χ2v) is 6.56. The van der Waals surface area contributed by atoms with Crippen LogP contribution >= 0.6 is 0 Å². The second-order valence-electron chi connectivity index (χ2n) is 6.56. The summed E-state index contributed by atoms with van der Waals surface area (Å²) in [5, 5.41) is 20.2. The van der Waals surface area contributed by atoms with Gasteiger partial charge in [0.2, 0.25) is 0 Å². The first kappa shape index (κ1) is 16.3. The minimum absolute atomic E-state index is 0.0692. The Hall–Kier alpha value is -2.10. The molecule has 0 fully saturated rings. The third-order valence-electron chi connectivity index (χ3n) is 3.77. The number of aliphatic hydroxyl groups excluding tert-OH is 1. The number of carbonyl (C=O) groups excluding carboxylic acids is 1. The van der Waals surface area contributed by atoms with E-state index in [2.05, 4.69) is 4.99 Å². The number of carbonyl (C=O) groups is 1. The van der Waals surface area contributed by atoms with Gasteiger partial charge in [0.15, 0.2) is 5.78 Å². The lowest BCUT2D eigenvalue weighted by molar-refractivity contribution is -0.117. The summed E-state index contributed by atoms with van der Waals surface area (Å²) in [7, 11) is 0. The Kier molecular flexibility index (Phi) is 4.69. The Morgan fingerprint density at radius 3 is 2.50 bits per heavy atom. The van der Waals surface area contributed by atoms with Crippen molar-refractivity contribution in [3.8, 4) is 5.75 Å². The van der Waals surface area contributed by atoms with Crippen molar-refractivity contribution in [2.75, 3.05) is 0 Å². The fourth-order valence-corrected chi connectivity index (χ4v) is 2.79. The molecule has 1 aromatic rings. The summed E-state index contributed by atoms with van der Waals surface area (Å²) in [5.41, 5.74) is 1.09. The molecule has 0 aromatic heterocycles. The summed E-state index contributed by atoms with van der Waals surface area (Å²) in [6.45, 7) is 5.93. The van der Waals surface area contributed by atoms with Crippen molar-refractivity contribution >= 4 is 17.2 Å². The molecule has 1 aromatic carbocycles. The van der Waals surface area contributed by atoms with E-state index in [1.165, 1.54) is 0 Å². The number of nitrogens with zero attached hydrogens (tertiary/aromatic N) is 1. The van der Waals surface area contributed by atoms with Gasteiger partial charge < -0.3 is 10.2 Å². The molecule has 0 bridgehead atoms. The molecule has 4 heteroatoms. The molecule has 0 spiro atoms. The molecule has 22 heavy (non-hydrogen) atoms. The Bertz CT molecular complexity index is 641. The lowest BCUT2D eigenvalue weighted by Crippen LogP contribution is -2.29. The van der Waals surface area contributed by atoms with Gasteiger partial charge in [-0.2, -0.15) is 0 Å². The topological polar surface area (TPSA) is 69.9 Å². The predicted octanol–water partition coefficient (Wildman–Crippen LogP) is 4.47. The molecular formula is C18H23NO3. The number of aliphatic imine (C=N–C) groups is 1. The van der Waals surface area contributed by atoms with Crippen LogP contribution in [0.4, 0.5) is 5.69 Å². The zero-order valence-electron chi connectivity index (χ0n) is 13.4. The van der Waals surface area contributed by atoms with E-state index in [-0.39, 0.29) is 22.7 Å². The van der Waals surface area contributed by atoms with Crippen LogP contribution in [0.5, 0.6) is 5.75 Å². The highest BCUT2D eigenvalue weighted by molar-refractivity contribution is 6.23. The van der Waals surface area contributed by atoms with Crippen LogP contribution in [-0.2, 0) is 4.79 Å². The summed E-state index contributed by atoms with van der Waals surface area (Å²) in [5.74, 6) is 0.111. The maximum atomic E-state index is 12.5. The highest BCUT2D eigenvalue weighted by atomic mass is 16.3. The average Bonchev–Trinajstić information content (AvgIpc) is 2.39. The minimum atomic E-state index is -0.225. The summed E-state index contributed by atoms with van der Waals surface area (Å²) in [6.07, 6.45) is 2.26. The third-order valence-corrected chi connectivity index (χ3v) is 3.77. The fourth-order valence-electron chi connectivity index (χ4n) is 2.79. The van der Waals surface area contributed by atoms with Crippen molar-refractivity contribution in [3.05, 3.63) is 35.6 Å². The van der Waals surface area contributed by atoms with Crippen LogP contribution in [0.2, 0.25) is 0 Å². The van der Waals surface area contributed by atoms with Crippen LogP contribution in [0.25, 0.3) is 0 Å². The number of rotatable bonds is 4. The number of allylic oxidation sites excluding steroid dienone is 2. The van der Waals surface area contributed by atoms with Gasteiger partial charge in [0, 0.05) is 12.8 Å². The minimum Gasteiger partial charge on any atom is -0.511 e. The van der Waals surface area contributed by atoms with E-state index in [4.69, 9.17) is 0 Å². The third kappa shape index (κ3) is 3.56. The van der Waals surface area contributed by atoms with E-state index in [9.17, 15) is 15.0 Å². The first-order valence-corrected chi connectivity index (χ1v) is 7.65. The number of aromatic hydroxyl groups is 1. The Balaban J connectivity index is 2.48. The van der Waals surface area contributed by atoms with E-state index in [0.717, 1.165) is 6.42 Å². The van der Waals surface area contributed by atoms with Crippen molar-refractivity contribution in [2.24, 2.45) is 10.4 Å². The van der Waals surface area contributed by atoms with Gasteiger partial charge in [-0.05, 0) is 24.0 Å². The SMILES string of the molecule is CCCC(=Nc1ccccc1O)C1=C(O)CC(C)(C)CC1=O. The molecule has 0 saturated heterocycles. The van der Waals surface area contributed by atoms with E-state index in [1.807, 2.05) is 20.8 Å². The zero-order valence-corrected chi connectivity index (χ0v) is 13.4. The molecule has 0 radical (unpaired) electrons. The lowest BCUT2D eigenvalue weighted by atomic mass is 9.75. The van der Waals surface area contributed by atoms with Gasteiger partial charge in [0.05, 0.1) is 11.3 Å². The Morgan fingerprint density at radius 1 is 1.23 bits per heavy atom. The van der Waals surface area contributed by atoms with Gasteiger partial charge >= 0.3 is 0 Å². The van der Waals surface area contributed by atoms with E-state index >= 15 is 0 Å². The van der Waals surface area contributed by atoms with Gasteiger partial charge in [-0.15, -0.1) is 0 Å². The summed E-state index contributed by atoms with van der Waals surface area (Å²) in [4.78, 5) is 16.9. The van der Waals surface area contributed by atoms with Crippen molar-refractivity contribution in [1.82, 2.24) is 0 Å². The number of phenolic OH excluding ortho intramolecular Hbond substituents is 1. The first-order chi connectivity index (χ1) is 10.3. The summed E-state index contributed by atoms with van der Waals surface area (Å²) in [6, 6.07) is 6.75. The molecule has 0 atom stereocenters. The van der Waals surface area contributed by atoms with E-state index < -0.39 is 0 Å². The van der Waals surface area contributed by atoms with E-state index in [0.29, 0.717) is 36.2 Å². The molecule has 0 unspecified atom stereocenters. The van der Waals surface area contributed by atoms with Crippen LogP contribution in [-0.4, -0.2) is 21.7 Å². The van der Waals surface area contributed by atoms with Gasteiger partial charge in [-0.25, -0.2) is 4.99 Å². The van der Waals surface area contributed by atoms with Crippen LogP contribution in [0.15, 0.2) is 40.6 Å². The molecule has 2 rings (SSSR count). The predicted molar refractivity (Wildman–Crippen MR) is 87.8 cm³/mol. The zero-order chi connectivity index (χ0) is 16.3. The molecule has 4 nitrogen and oxygen atoms in total. The summed E-state index contributed by atoms with van der Waals surface area (Å²) < 4.78 is 0. The highest BCUT2D eigenvalue weighted by Crippen LogP contribution is 2.37. The molecule has 0 saturated carbocycles. The molecule has 1 aliphatic carbocycles. The van der Waals surface area contributed by atoms with Gasteiger partial charge in [0.25, 0.3) is 0 Å². The largest absolute Gasteiger partial charge is 0.511 e. The monoisotopic (exact) mass is 301 g/mol. The molecule has 0 heterocycles. The number of hydrogen-bond donors (Lipinski definition) is 2. The first-order valence-electron chi connectivity index (χ1n) is 7.65. The number of ketones is 1. The number of hydrogen-bond acceptors (Lipinski definition) is 4. The Morgan fingerprint density at radius 2 is 1.91 bits per heavy atom. The quantitative estimate of drug-likeness (QED) is 0.806. The van der Waals surface area contributed by atoms with Crippen LogP contribution < -0.4 is 0 Å². The standard InChI is InChI=1S/C18H23NO3/c1-4-7-13(19-12-8-5-6-9-14(12)20)17-15(21)10-18(2,3)11-16(17)22/h5-6,8-9,20-21H,4,7,10-11H2,1-3H3. The Labute approximate surface area is 131 Å². The van der Waals surface area contributed by atoms with Crippen molar-refractivity contribution in [3.63, 3.8) is 0 Å². The van der Waals surface area contributed by atoms with Crippen LogP contribution in [0, 0.1) is 5.41 Å². The van der Waals surface area contributed by atoms with Crippen LogP contribution in [0.3, 0.4) is 0 Å². The maximum absolute atomic E-state index is 12.5. The van der Waals surface area contributed by atoms with E-state index in [1.54, 1.807) is 24.3 Å². The van der Waals surface area contributed by atoms with Gasteiger partial charge in [-0.3, -0.25) is 4.79 Å². The summed E-state index contributed by atoms with van der Waals surface area (Å²) >= 11 is 0. The maximum Gasteiger partial charge on any atom is 0.168 e. The number of para-hydroxylation sites is 2. The van der Waals surface area contributed by atoms with Gasteiger partial charge in [0.1, 0.15) is 17.2 Å². The van der Waals surface area contributed by atoms with Gasteiger partial charge in [-0.1, -0.05) is 39.3 Å². The number of benzene rings is 1. The smallest absolute Gasteiger partial charge is 0.168 e. The lowest BCUT2D eigenvalue weighted by Gasteiger charge is -2.30. The molecule has 2 N–H and O–H groups in total. The van der Waals surface area contributed by atoms with Crippen molar-refractivity contribution in [1.29, 1.82) is 0 Å². The van der Waals surface area contributed by atoms with Crippen molar-refractivity contribution < 1.29 is 15.0 Å². The molecule has 0 amide bonds. The normalized spacial score (nSPS) is 18.7. The average molecular weight is 301 g/mol. The molecular weight excluding hydrogens is 278 g/mol. The second kappa shape index (κ2) is 6.34. The molecule has 1 aliphatic rings.